The van der Waals surface area contributed by atoms with Gasteiger partial charge in [0.2, 0.25) is 11.8 Å². The number of nitrogens with one attached hydrogen (secondary N) is 2. The molecule has 0 bridgehead atoms. The van der Waals surface area contributed by atoms with Crippen LogP contribution in [0.4, 0.5) is 11.4 Å². The van der Waals surface area contributed by atoms with Crippen LogP contribution in [0.25, 0.3) is 12.2 Å². The van der Waals surface area contributed by atoms with E-state index in [0.29, 0.717) is 23.2 Å². The molecule has 4 nitrogen and oxygen atoms in total. The average Bonchev–Trinajstić information content (AvgIpc) is 2.83. The van der Waals surface area contributed by atoms with Crippen molar-refractivity contribution >= 4 is 35.3 Å². The summed E-state index contributed by atoms with van der Waals surface area (Å²) in [5.41, 5.74) is 5.80. The zero-order valence-corrected chi connectivity index (χ0v) is 20.2. The quantitative estimate of drug-likeness (QED) is 0.354. The maximum Gasteiger partial charge on any atom is 0.248 e. The average molecular weight is 453 g/mol. The second-order valence-corrected chi connectivity index (χ2v) is 8.87. The van der Waals surface area contributed by atoms with Gasteiger partial charge in [0.05, 0.1) is 0 Å². The number of hydrogen-bond acceptors (Lipinski definition) is 2. The van der Waals surface area contributed by atoms with E-state index in [1.165, 1.54) is 23.3 Å². The summed E-state index contributed by atoms with van der Waals surface area (Å²) in [5.74, 6) is 0.534. The number of carbonyl (C=O) groups is 2. The highest BCUT2D eigenvalue weighted by atomic mass is 16.2. The number of anilines is 2. The first-order valence-corrected chi connectivity index (χ1v) is 11.6. The normalized spacial score (nSPS) is 11.5. The lowest BCUT2D eigenvalue weighted by Gasteiger charge is -2.06. The molecule has 4 heteroatoms. The third kappa shape index (κ3) is 7.59. The first-order valence-electron chi connectivity index (χ1n) is 11.6. The molecular weight excluding hydrogens is 420 g/mol. The van der Waals surface area contributed by atoms with Gasteiger partial charge in [0.15, 0.2) is 0 Å². The minimum absolute atomic E-state index is 0.212. The monoisotopic (exact) mass is 452 g/mol. The largest absolute Gasteiger partial charge is 0.323 e. The van der Waals surface area contributed by atoms with Crippen LogP contribution < -0.4 is 10.6 Å². The van der Waals surface area contributed by atoms with Gasteiger partial charge in [-0.05, 0) is 70.5 Å². The summed E-state index contributed by atoms with van der Waals surface area (Å²) < 4.78 is 0. The molecule has 0 saturated carbocycles. The van der Waals surface area contributed by atoms with Crippen LogP contribution in [-0.4, -0.2) is 11.8 Å². The topological polar surface area (TPSA) is 58.2 Å². The molecule has 0 aliphatic heterocycles. The smallest absolute Gasteiger partial charge is 0.248 e. The molecular formula is C30H32N2O2. The van der Waals surface area contributed by atoms with E-state index in [0.717, 1.165) is 11.1 Å². The van der Waals surface area contributed by atoms with Crippen LogP contribution in [-0.2, 0) is 9.59 Å². The van der Waals surface area contributed by atoms with Gasteiger partial charge in [0.1, 0.15) is 0 Å². The van der Waals surface area contributed by atoms with Gasteiger partial charge < -0.3 is 10.6 Å². The van der Waals surface area contributed by atoms with Crippen molar-refractivity contribution in [3.05, 3.63) is 107 Å². The van der Waals surface area contributed by atoms with Crippen molar-refractivity contribution in [3.8, 4) is 0 Å². The summed E-state index contributed by atoms with van der Waals surface area (Å²) in [7, 11) is 0. The second kappa shape index (κ2) is 11.8. The van der Waals surface area contributed by atoms with Crippen LogP contribution in [0.2, 0.25) is 0 Å². The van der Waals surface area contributed by atoms with Crippen molar-refractivity contribution in [1.82, 2.24) is 0 Å². The van der Waals surface area contributed by atoms with Gasteiger partial charge in [-0.1, -0.05) is 76.2 Å². The van der Waals surface area contributed by atoms with E-state index in [4.69, 9.17) is 0 Å². The van der Waals surface area contributed by atoms with Crippen molar-refractivity contribution in [2.45, 2.75) is 39.5 Å². The summed E-state index contributed by atoms with van der Waals surface area (Å²) >= 11 is 0. The second-order valence-electron chi connectivity index (χ2n) is 8.87. The van der Waals surface area contributed by atoms with Gasteiger partial charge >= 0.3 is 0 Å². The number of amides is 2. The number of benzene rings is 3. The fourth-order valence-corrected chi connectivity index (χ4v) is 3.33. The molecule has 0 heterocycles. The summed E-state index contributed by atoms with van der Waals surface area (Å²) in [4.78, 5) is 24.4. The van der Waals surface area contributed by atoms with Crippen molar-refractivity contribution in [2.75, 3.05) is 10.6 Å². The molecule has 3 aromatic carbocycles. The van der Waals surface area contributed by atoms with Crippen LogP contribution >= 0.6 is 0 Å². The minimum atomic E-state index is -0.212. The highest BCUT2D eigenvalue weighted by molar-refractivity contribution is 6.03. The lowest BCUT2D eigenvalue weighted by molar-refractivity contribution is -0.112. The molecule has 3 aromatic rings. The molecule has 0 atom stereocenters. The Morgan fingerprint density at radius 3 is 1.18 bits per heavy atom. The standard InChI is InChI=1S/C30H32N2O2/c1-21(2)25-11-5-23(6-12-25)9-19-29(33)31-27-15-17-28(18-16-27)32-30(34)20-10-24-7-13-26(14-8-24)22(3)4/h5-22H,1-4H3,(H,31,33)(H,32,34)/b19-9+,20-10+. The number of carbonyl (C=O) groups excluding carboxylic acids is 2. The SMILES string of the molecule is CC(C)c1ccc(/C=C/C(=O)Nc2ccc(NC(=O)/C=C/c3ccc(C(C)C)cc3)cc2)cc1. The Hall–Kier alpha value is -3.92. The Kier molecular flexibility index (Phi) is 8.58. The van der Waals surface area contributed by atoms with Gasteiger partial charge in [0, 0.05) is 23.5 Å². The van der Waals surface area contributed by atoms with E-state index in [1.807, 2.05) is 24.3 Å². The van der Waals surface area contributed by atoms with E-state index in [-0.39, 0.29) is 11.8 Å². The van der Waals surface area contributed by atoms with Gasteiger partial charge in [-0.3, -0.25) is 9.59 Å². The lowest BCUT2D eigenvalue weighted by Crippen LogP contribution is -2.09. The highest BCUT2D eigenvalue weighted by Gasteiger charge is 2.02. The van der Waals surface area contributed by atoms with Gasteiger partial charge in [-0.25, -0.2) is 0 Å². The summed E-state index contributed by atoms with van der Waals surface area (Å²) in [5, 5.41) is 5.66. The van der Waals surface area contributed by atoms with Crippen LogP contribution in [0.15, 0.2) is 84.9 Å². The van der Waals surface area contributed by atoms with Gasteiger partial charge in [-0.15, -0.1) is 0 Å². The zero-order valence-electron chi connectivity index (χ0n) is 20.2. The van der Waals surface area contributed by atoms with E-state index >= 15 is 0 Å². The van der Waals surface area contributed by atoms with Crippen molar-refractivity contribution in [3.63, 3.8) is 0 Å². The predicted octanol–water partition coefficient (Wildman–Crippen LogP) is 7.24. The summed E-state index contributed by atoms with van der Waals surface area (Å²) in [6, 6.07) is 23.4. The number of rotatable bonds is 8. The molecule has 0 saturated heterocycles. The van der Waals surface area contributed by atoms with Crippen LogP contribution in [0, 0.1) is 0 Å². The van der Waals surface area contributed by atoms with E-state index in [9.17, 15) is 9.59 Å². The molecule has 2 N–H and O–H groups in total. The molecule has 2 amide bonds. The fraction of sp³-hybridized carbons (Fsp3) is 0.200. The lowest BCUT2D eigenvalue weighted by atomic mass is 10.0. The zero-order chi connectivity index (χ0) is 24.5. The first kappa shape index (κ1) is 24.7. The molecule has 3 rings (SSSR count). The number of hydrogen-bond donors (Lipinski definition) is 2. The predicted molar refractivity (Wildman–Crippen MR) is 143 cm³/mol. The Labute approximate surface area is 202 Å². The maximum absolute atomic E-state index is 12.2. The van der Waals surface area contributed by atoms with Crippen molar-refractivity contribution in [2.24, 2.45) is 0 Å². The van der Waals surface area contributed by atoms with E-state index in [1.54, 1.807) is 36.4 Å². The van der Waals surface area contributed by atoms with Crippen molar-refractivity contribution in [1.29, 1.82) is 0 Å². The van der Waals surface area contributed by atoms with Crippen LogP contribution in [0.5, 0.6) is 0 Å². The molecule has 0 radical (unpaired) electrons. The van der Waals surface area contributed by atoms with Gasteiger partial charge in [0.25, 0.3) is 0 Å². The first-order chi connectivity index (χ1) is 16.3. The third-order valence-corrected chi connectivity index (χ3v) is 5.48. The molecule has 0 aliphatic rings. The minimum Gasteiger partial charge on any atom is -0.323 e. The van der Waals surface area contributed by atoms with Crippen LogP contribution in [0.3, 0.4) is 0 Å². The summed E-state index contributed by atoms with van der Waals surface area (Å²) in [6.07, 6.45) is 6.60. The van der Waals surface area contributed by atoms with Crippen LogP contribution in [0.1, 0.15) is 61.8 Å². The van der Waals surface area contributed by atoms with Crippen molar-refractivity contribution < 1.29 is 9.59 Å². The summed E-state index contributed by atoms with van der Waals surface area (Å²) in [6.45, 7) is 8.60. The Balaban J connectivity index is 1.50. The van der Waals surface area contributed by atoms with Gasteiger partial charge in [-0.2, -0.15) is 0 Å². The molecule has 0 spiro atoms. The maximum atomic E-state index is 12.2. The molecule has 0 aromatic heterocycles. The molecule has 34 heavy (non-hydrogen) atoms. The molecule has 174 valence electrons. The fourth-order valence-electron chi connectivity index (χ4n) is 3.33. The van der Waals surface area contributed by atoms with E-state index in [2.05, 4.69) is 62.6 Å². The molecule has 0 aliphatic carbocycles. The van der Waals surface area contributed by atoms with E-state index < -0.39 is 0 Å². The third-order valence-electron chi connectivity index (χ3n) is 5.48. The molecule has 0 unspecified atom stereocenters. The Morgan fingerprint density at radius 2 is 0.882 bits per heavy atom. The molecule has 0 fully saturated rings. The Morgan fingerprint density at radius 1 is 0.559 bits per heavy atom. The Bertz CT molecular complexity index is 1060. The highest BCUT2D eigenvalue weighted by Crippen LogP contribution is 2.17.